The molecule has 0 aromatic carbocycles. The lowest BCUT2D eigenvalue weighted by Gasteiger charge is -2.31. The van der Waals surface area contributed by atoms with E-state index in [0.717, 1.165) is 0 Å². The Morgan fingerprint density at radius 3 is 2.76 bits per heavy atom. The minimum absolute atomic E-state index is 0.0441. The highest BCUT2D eigenvalue weighted by Gasteiger charge is 2.27. The Morgan fingerprint density at radius 1 is 1.43 bits per heavy atom. The van der Waals surface area contributed by atoms with Crippen LogP contribution in [0.4, 0.5) is 4.39 Å². The SMILES string of the molecule is CC(C)(C)C(Cn1ccnc1)NC(=O)c1cccnc1F. The van der Waals surface area contributed by atoms with Crippen LogP contribution in [0, 0.1) is 11.4 Å². The molecular weight excluding hydrogens is 271 g/mol. The molecule has 2 aromatic heterocycles. The summed E-state index contributed by atoms with van der Waals surface area (Å²) in [5, 5.41) is 2.88. The van der Waals surface area contributed by atoms with Crippen LogP contribution in [0.1, 0.15) is 31.1 Å². The van der Waals surface area contributed by atoms with Crippen LogP contribution in [-0.2, 0) is 6.54 Å². The predicted octanol–water partition coefficient (Wildman–Crippen LogP) is 2.26. The van der Waals surface area contributed by atoms with E-state index in [1.54, 1.807) is 18.6 Å². The molecular formula is C15H19FN4O. The third-order valence-corrected chi connectivity index (χ3v) is 3.31. The van der Waals surface area contributed by atoms with Crippen LogP contribution in [-0.4, -0.2) is 26.5 Å². The van der Waals surface area contributed by atoms with Gasteiger partial charge in [-0.1, -0.05) is 20.8 Å². The molecule has 112 valence electrons. The van der Waals surface area contributed by atoms with Crippen LogP contribution in [0.3, 0.4) is 0 Å². The first-order chi connectivity index (χ1) is 9.88. The third-order valence-electron chi connectivity index (χ3n) is 3.31. The number of amides is 1. The first-order valence-corrected chi connectivity index (χ1v) is 6.75. The molecule has 1 amide bonds. The van der Waals surface area contributed by atoms with Crippen molar-refractivity contribution in [3.05, 3.63) is 48.6 Å². The monoisotopic (exact) mass is 290 g/mol. The summed E-state index contributed by atoms with van der Waals surface area (Å²) in [6.07, 6.45) is 6.52. The maximum Gasteiger partial charge on any atom is 0.256 e. The Hall–Kier alpha value is -2.24. The summed E-state index contributed by atoms with van der Waals surface area (Å²) >= 11 is 0. The van der Waals surface area contributed by atoms with Crippen molar-refractivity contribution in [3.8, 4) is 0 Å². The molecule has 0 aliphatic heterocycles. The summed E-state index contributed by atoms with van der Waals surface area (Å²) in [4.78, 5) is 19.7. The Morgan fingerprint density at radius 2 is 2.19 bits per heavy atom. The molecule has 1 N–H and O–H groups in total. The van der Waals surface area contributed by atoms with Crippen molar-refractivity contribution in [1.29, 1.82) is 0 Å². The second-order valence-corrected chi connectivity index (χ2v) is 5.99. The Labute approximate surface area is 123 Å². The molecule has 6 heteroatoms. The number of carbonyl (C=O) groups is 1. The van der Waals surface area contributed by atoms with Gasteiger partial charge in [-0.25, -0.2) is 9.97 Å². The maximum atomic E-state index is 13.6. The zero-order valence-electron chi connectivity index (χ0n) is 12.4. The molecule has 0 aliphatic rings. The van der Waals surface area contributed by atoms with Gasteiger partial charge in [0, 0.05) is 25.1 Å². The summed E-state index contributed by atoms with van der Waals surface area (Å²) in [6, 6.07) is 2.80. The normalized spacial score (nSPS) is 13.0. The minimum Gasteiger partial charge on any atom is -0.347 e. The molecule has 0 bridgehead atoms. The van der Waals surface area contributed by atoms with Crippen molar-refractivity contribution in [3.63, 3.8) is 0 Å². The number of aromatic nitrogens is 3. The lowest BCUT2D eigenvalue weighted by molar-refractivity contribution is 0.0887. The van der Waals surface area contributed by atoms with Crippen molar-refractivity contribution in [1.82, 2.24) is 19.9 Å². The number of carbonyl (C=O) groups excluding carboxylic acids is 1. The summed E-state index contributed by atoms with van der Waals surface area (Å²) in [5.74, 6) is -1.22. The van der Waals surface area contributed by atoms with E-state index in [1.807, 2.05) is 31.5 Å². The number of halogens is 1. The zero-order valence-corrected chi connectivity index (χ0v) is 12.4. The maximum absolute atomic E-state index is 13.6. The fourth-order valence-corrected chi connectivity index (χ4v) is 1.93. The average molecular weight is 290 g/mol. The molecule has 0 saturated heterocycles. The second-order valence-electron chi connectivity index (χ2n) is 5.99. The van der Waals surface area contributed by atoms with Crippen LogP contribution >= 0.6 is 0 Å². The van der Waals surface area contributed by atoms with Gasteiger partial charge in [0.2, 0.25) is 5.95 Å². The van der Waals surface area contributed by atoms with Gasteiger partial charge in [-0.05, 0) is 17.5 Å². The van der Waals surface area contributed by atoms with Gasteiger partial charge in [-0.15, -0.1) is 0 Å². The molecule has 21 heavy (non-hydrogen) atoms. The zero-order chi connectivity index (χ0) is 15.5. The Bertz CT molecular complexity index is 604. The van der Waals surface area contributed by atoms with Gasteiger partial charge >= 0.3 is 0 Å². The number of hydrogen-bond donors (Lipinski definition) is 1. The van der Waals surface area contributed by atoms with Gasteiger partial charge in [0.15, 0.2) is 0 Å². The summed E-state index contributed by atoms with van der Waals surface area (Å²) in [5.41, 5.74) is -0.226. The van der Waals surface area contributed by atoms with Gasteiger partial charge in [0.05, 0.1) is 17.9 Å². The van der Waals surface area contributed by atoms with Crippen molar-refractivity contribution in [2.75, 3.05) is 0 Å². The van der Waals surface area contributed by atoms with E-state index in [9.17, 15) is 9.18 Å². The minimum atomic E-state index is -0.759. The molecule has 0 spiro atoms. The van der Waals surface area contributed by atoms with Crippen molar-refractivity contribution < 1.29 is 9.18 Å². The number of imidazole rings is 1. The van der Waals surface area contributed by atoms with Crippen molar-refractivity contribution in [2.45, 2.75) is 33.4 Å². The van der Waals surface area contributed by atoms with E-state index in [0.29, 0.717) is 6.54 Å². The highest BCUT2D eigenvalue weighted by atomic mass is 19.1. The standard InChI is InChI=1S/C15H19FN4O/c1-15(2,3)12(9-20-8-7-17-10-20)19-14(21)11-5-4-6-18-13(11)16/h4-8,10,12H,9H2,1-3H3,(H,19,21). The van der Waals surface area contributed by atoms with Crippen LogP contribution in [0.2, 0.25) is 0 Å². The number of hydrogen-bond acceptors (Lipinski definition) is 3. The van der Waals surface area contributed by atoms with Crippen LogP contribution in [0.15, 0.2) is 37.1 Å². The number of rotatable bonds is 4. The van der Waals surface area contributed by atoms with Crippen molar-refractivity contribution >= 4 is 5.91 Å². The molecule has 5 nitrogen and oxygen atoms in total. The highest BCUT2D eigenvalue weighted by Crippen LogP contribution is 2.21. The van der Waals surface area contributed by atoms with Crippen LogP contribution in [0.25, 0.3) is 0 Å². The smallest absolute Gasteiger partial charge is 0.256 e. The Balaban J connectivity index is 2.16. The topological polar surface area (TPSA) is 59.8 Å². The molecule has 0 fully saturated rings. The van der Waals surface area contributed by atoms with Gasteiger partial charge in [0.25, 0.3) is 5.91 Å². The molecule has 2 aromatic rings. The van der Waals surface area contributed by atoms with E-state index >= 15 is 0 Å². The van der Waals surface area contributed by atoms with Gasteiger partial charge in [-0.2, -0.15) is 4.39 Å². The molecule has 2 rings (SSSR count). The van der Waals surface area contributed by atoms with Crippen LogP contribution in [0.5, 0.6) is 0 Å². The van der Waals surface area contributed by atoms with Gasteiger partial charge in [0.1, 0.15) is 0 Å². The number of pyridine rings is 1. The van der Waals surface area contributed by atoms with E-state index in [-0.39, 0.29) is 17.0 Å². The lowest BCUT2D eigenvalue weighted by Crippen LogP contribution is -2.46. The largest absolute Gasteiger partial charge is 0.347 e. The quantitative estimate of drug-likeness (QED) is 0.879. The van der Waals surface area contributed by atoms with E-state index in [4.69, 9.17) is 0 Å². The molecule has 0 aliphatic carbocycles. The molecule has 0 saturated carbocycles. The first-order valence-electron chi connectivity index (χ1n) is 6.75. The van der Waals surface area contributed by atoms with Gasteiger partial charge < -0.3 is 9.88 Å². The molecule has 1 atom stereocenters. The second kappa shape index (κ2) is 6.03. The molecule has 1 unspecified atom stereocenters. The summed E-state index contributed by atoms with van der Waals surface area (Å²) in [7, 11) is 0. The highest BCUT2D eigenvalue weighted by molar-refractivity contribution is 5.94. The molecule has 0 radical (unpaired) electrons. The van der Waals surface area contributed by atoms with E-state index in [2.05, 4.69) is 15.3 Å². The predicted molar refractivity (Wildman–Crippen MR) is 77.1 cm³/mol. The number of nitrogens with one attached hydrogen (secondary N) is 1. The lowest BCUT2D eigenvalue weighted by atomic mass is 9.86. The Kier molecular flexibility index (Phi) is 4.35. The average Bonchev–Trinajstić information content (AvgIpc) is 2.90. The van der Waals surface area contributed by atoms with E-state index < -0.39 is 11.9 Å². The fraction of sp³-hybridized carbons (Fsp3) is 0.400. The fourth-order valence-electron chi connectivity index (χ4n) is 1.93. The van der Waals surface area contributed by atoms with Crippen molar-refractivity contribution in [2.24, 2.45) is 5.41 Å². The number of nitrogens with zero attached hydrogens (tertiary/aromatic N) is 3. The van der Waals surface area contributed by atoms with Crippen LogP contribution < -0.4 is 5.32 Å². The first kappa shape index (κ1) is 15.2. The summed E-state index contributed by atoms with van der Waals surface area (Å²) < 4.78 is 15.5. The van der Waals surface area contributed by atoms with E-state index in [1.165, 1.54) is 12.3 Å². The van der Waals surface area contributed by atoms with Gasteiger partial charge in [-0.3, -0.25) is 4.79 Å². The summed E-state index contributed by atoms with van der Waals surface area (Å²) in [6.45, 7) is 6.63. The molecule has 2 heterocycles. The third kappa shape index (κ3) is 3.87.